The predicted octanol–water partition coefficient (Wildman–Crippen LogP) is 2.51. The topological polar surface area (TPSA) is 29.5 Å². The largest absolute Gasteiger partial charge is 0.381 e. The van der Waals surface area contributed by atoms with E-state index < -0.39 is 0 Å². The lowest BCUT2D eigenvalue weighted by Gasteiger charge is -2.30. The van der Waals surface area contributed by atoms with Crippen LogP contribution >= 0.6 is 0 Å². The summed E-state index contributed by atoms with van der Waals surface area (Å²) in [5, 5.41) is 0. The van der Waals surface area contributed by atoms with Gasteiger partial charge in [-0.3, -0.25) is 4.79 Å². The van der Waals surface area contributed by atoms with E-state index in [1.54, 1.807) is 19.2 Å². The third-order valence-electron chi connectivity index (χ3n) is 3.67. The highest BCUT2D eigenvalue weighted by molar-refractivity contribution is 5.96. The lowest BCUT2D eigenvalue weighted by molar-refractivity contribution is 0.0406. The van der Waals surface area contributed by atoms with Crippen molar-refractivity contribution in [1.29, 1.82) is 0 Å². The van der Waals surface area contributed by atoms with E-state index in [0.29, 0.717) is 18.1 Å². The lowest BCUT2D eigenvalue weighted by atomic mass is 10.1. The third-order valence-corrected chi connectivity index (χ3v) is 3.67. The van der Waals surface area contributed by atoms with Gasteiger partial charge in [-0.15, -0.1) is 0 Å². The van der Waals surface area contributed by atoms with Crippen molar-refractivity contribution in [3.63, 3.8) is 0 Å². The molecule has 0 spiro atoms. The Bertz CT molecular complexity index is 428. The minimum atomic E-state index is -0.355. The minimum Gasteiger partial charge on any atom is -0.381 e. The minimum absolute atomic E-state index is 0.00775. The predicted molar refractivity (Wildman–Crippen MR) is 71.8 cm³/mol. The molecule has 0 bridgehead atoms. The summed E-state index contributed by atoms with van der Waals surface area (Å²) in [6.07, 6.45) is 2.84. The van der Waals surface area contributed by atoms with Crippen LogP contribution in [0.1, 0.15) is 29.6 Å². The van der Waals surface area contributed by atoms with Gasteiger partial charge in [0.1, 0.15) is 5.82 Å². The van der Waals surface area contributed by atoms with Crippen molar-refractivity contribution < 1.29 is 13.9 Å². The molecule has 0 aliphatic carbocycles. The Labute approximate surface area is 113 Å². The van der Waals surface area contributed by atoms with E-state index in [2.05, 4.69) is 4.90 Å². The molecule has 1 aliphatic heterocycles. The van der Waals surface area contributed by atoms with E-state index in [4.69, 9.17) is 4.74 Å². The van der Waals surface area contributed by atoms with Crippen molar-refractivity contribution >= 4 is 5.78 Å². The van der Waals surface area contributed by atoms with E-state index in [9.17, 15) is 9.18 Å². The van der Waals surface area contributed by atoms with Crippen LogP contribution in [0.3, 0.4) is 0 Å². The van der Waals surface area contributed by atoms with Crippen LogP contribution in [0, 0.1) is 5.82 Å². The number of methoxy groups -OCH3 is 1. The van der Waals surface area contributed by atoms with Crippen molar-refractivity contribution in [3.05, 3.63) is 35.6 Å². The zero-order valence-electron chi connectivity index (χ0n) is 11.3. The molecule has 1 aliphatic rings. The average molecular weight is 265 g/mol. The van der Waals surface area contributed by atoms with Crippen LogP contribution in [0.5, 0.6) is 0 Å². The molecule has 1 aromatic carbocycles. The number of ketones is 1. The number of Topliss-reactive ketones (excluding diaryl/α,β-unsaturated/α-hetero) is 1. The maximum absolute atomic E-state index is 13.0. The van der Waals surface area contributed by atoms with Gasteiger partial charge in [0.25, 0.3) is 0 Å². The van der Waals surface area contributed by atoms with E-state index >= 15 is 0 Å². The molecule has 1 fully saturated rings. The van der Waals surface area contributed by atoms with Gasteiger partial charge >= 0.3 is 0 Å². The first-order chi connectivity index (χ1) is 9.19. The van der Waals surface area contributed by atoms with Crippen LogP contribution in [-0.2, 0) is 4.74 Å². The lowest BCUT2D eigenvalue weighted by Crippen LogP contribution is -2.37. The summed E-state index contributed by atoms with van der Waals surface area (Å²) in [4.78, 5) is 14.2. The van der Waals surface area contributed by atoms with Crippen LogP contribution in [0.25, 0.3) is 0 Å². The number of hydrogen-bond acceptors (Lipinski definition) is 3. The fraction of sp³-hybridized carbons (Fsp3) is 0.533. The van der Waals surface area contributed by atoms with E-state index in [1.807, 2.05) is 0 Å². The van der Waals surface area contributed by atoms with Gasteiger partial charge in [0, 0.05) is 38.7 Å². The first-order valence-corrected chi connectivity index (χ1v) is 6.73. The Balaban J connectivity index is 1.78. The summed E-state index contributed by atoms with van der Waals surface area (Å²) in [7, 11) is 1.74. The number of carbonyl (C=O) groups excluding carboxylic acids is 1. The Hall–Kier alpha value is -1.26. The van der Waals surface area contributed by atoms with Gasteiger partial charge in [0.05, 0.1) is 6.10 Å². The molecule has 0 atom stereocenters. The molecular formula is C15H20FNO2. The zero-order chi connectivity index (χ0) is 13.7. The Kier molecular flexibility index (Phi) is 5.05. The van der Waals surface area contributed by atoms with Crippen molar-refractivity contribution in [2.75, 3.05) is 26.7 Å². The van der Waals surface area contributed by atoms with Crippen LogP contribution < -0.4 is 0 Å². The fourth-order valence-electron chi connectivity index (χ4n) is 2.43. The first-order valence-electron chi connectivity index (χ1n) is 6.73. The maximum Gasteiger partial charge on any atom is 0.164 e. The number of likely N-dealkylation sites (tertiary alicyclic amines) is 1. The number of halogens is 1. The summed E-state index contributed by atoms with van der Waals surface area (Å²) in [5.74, 6) is -0.347. The number of piperidine rings is 1. The number of carbonyl (C=O) groups is 1. The molecule has 0 aromatic heterocycles. The molecule has 104 valence electrons. The van der Waals surface area contributed by atoms with E-state index in [0.717, 1.165) is 32.5 Å². The standard InChI is InChI=1S/C15H20FNO2/c1-19-14-5-8-17(9-6-14)10-7-15(18)12-3-2-4-13(16)11-12/h2-4,11,14H,5-10H2,1H3. The highest BCUT2D eigenvalue weighted by Gasteiger charge is 2.19. The van der Waals surface area contributed by atoms with Gasteiger partial charge in [-0.25, -0.2) is 4.39 Å². The number of nitrogens with zero attached hydrogens (tertiary/aromatic N) is 1. The summed E-state index contributed by atoms with van der Waals surface area (Å²) in [6.45, 7) is 2.68. The monoisotopic (exact) mass is 265 g/mol. The van der Waals surface area contributed by atoms with Crippen LogP contribution in [0.2, 0.25) is 0 Å². The third kappa shape index (κ3) is 4.11. The van der Waals surface area contributed by atoms with Gasteiger partial charge < -0.3 is 9.64 Å². The Morgan fingerprint density at radius 3 is 2.79 bits per heavy atom. The molecule has 0 amide bonds. The van der Waals surface area contributed by atoms with Gasteiger partial charge in [0.15, 0.2) is 5.78 Å². The molecule has 0 N–H and O–H groups in total. The molecule has 0 unspecified atom stereocenters. The average Bonchev–Trinajstić information content (AvgIpc) is 2.45. The van der Waals surface area contributed by atoms with Gasteiger partial charge in [-0.05, 0) is 25.0 Å². The van der Waals surface area contributed by atoms with Gasteiger partial charge in [-0.1, -0.05) is 12.1 Å². The second-order valence-electron chi connectivity index (χ2n) is 4.96. The molecule has 4 heteroatoms. The Morgan fingerprint density at radius 1 is 1.42 bits per heavy atom. The van der Waals surface area contributed by atoms with E-state index in [-0.39, 0.29) is 11.6 Å². The second-order valence-corrected chi connectivity index (χ2v) is 4.96. The molecule has 1 aromatic rings. The molecular weight excluding hydrogens is 245 g/mol. The highest BCUT2D eigenvalue weighted by Crippen LogP contribution is 2.14. The summed E-state index contributed by atoms with van der Waals surface area (Å²) < 4.78 is 18.3. The van der Waals surface area contributed by atoms with Crippen molar-refractivity contribution in [3.8, 4) is 0 Å². The molecule has 0 radical (unpaired) electrons. The SMILES string of the molecule is COC1CCN(CCC(=O)c2cccc(F)c2)CC1. The van der Waals surface area contributed by atoms with Crippen LogP contribution in [0.15, 0.2) is 24.3 Å². The van der Waals surface area contributed by atoms with Gasteiger partial charge in [-0.2, -0.15) is 0 Å². The summed E-state index contributed by atoms with van der Waals surface area (Å²) >= 11 is 0. The van der Waals surface area contributed by atoms with E-state index in [1.165, 1.54) is 12.1 Å². The molecule has 1 saturated heterocycles. The Morgan fingerprint density at radius 2 is 2.16 bits per heavy atom. The van der Waals surface area contributed by atoms with Crippen molar-refractivity contribution in [2.45, 2.75) is 25.4 Å². The molecule has 0 saturated carbocycles. The quantitative estimate of drug-likeness (QED) is 0.766. The van der Waals surface area contributed by atoms with Crippen LogP contribution in [-0.4, -0.2) is 43.5 Å². The first kappa shape index (κ1) is 14.2. The smallest absolute Gasteiger partial charge is 0.164 e. The fourth-order valence-corrected chi connectivity index (χ4v) is 2.43. The normalized spacial score (nSPS) is 17.6. The second kappa shape index (κ2) is 6.78. The number of hydrogen-bond donors (Lipinski definition) is 0. The number of benzene rings is 1. The highest BCUT2D eigenvalue weighted by atomic mass is 19.1. The maximum atomic E-state index is 13.0. The van der Waals surface area contributed by atoms with Gasteiger partial charge in [0.2, 0.25) is 0 Å². The summed E-state index contributed by atoms with van der Waals surface area (Å²) in [6, 6.07) is 5.90. The molecule has 19 heavy (non-hydrogen) atoms. The van der Waals surface area contributed by atoms with Crippen LogP contribution in [0.4, 0.5) is 4.39 Å². The summed E-state index contributed by atoms with van der Waals surface area (Å²) in [5.41, 5.74) is 0.465. The number of ether oxygens (including phenoxy) is 1. The molecule has 3 nitrogen and oxygen atoms in total. The zero-order valence-corrected chi connectivity index (χ0v) is 11.3. The molecule has 2 rings (SSSR count). The molecule has 1 heterocycles. The van der Waals surface area contributed by atoms with Crippen molar-refractivity contribution in [2.24, 2.45) is 0 Å². The number of rotatable bonds is 5. The van der Waals surface area contributed by atoms with Crippen molar-refractivity contribution in [1.82, 2.24) is 4.90 Å².